The van der Waals surface area contributed by atoms with Crippen molar-refractivity contribution in [1.82, 2.24) is 5.43 Å². The second kappa shape index (κ2) is 5.38. The van der Waals surface area contributed by atoms with E-state index in [2.05, 4.69) is 5.43 Å². The van der Waals surface area contributed by atoms with E-state index in [1.165, 1.54) is 11.3 Å². The summed E-state index contributed by atoms with van der Waals surface area (Å²) in [6.07, 6.45) is 0. The summed E-state index contributed by atoms with van der Waals surface area (Å²) in [6, 6.07) is 9.56. The van der Waals surface area contributed by atoms with Crippen LogP contribution in [0.3, 0.4) is 0 Å². The summed E-state index contributed by atoms with van der Waals surface area (Å²) in [5.41, 5.74) is 3.83. The van der Waals surface area contributed by atoms with Crippen molar-refractivity contribution in [3.8, 4) is 11.5 Å². The maximum absolute atomic E-state index is 5.97. The van der Waals surface area contributed by atoms with Gasteiger partial charge in [-0.2, -0.15) is 0 Å². The number of nitrogens with one attached hydrogen (secondary N) is 1. The molecular weight excluding hydrogens is 284 g/mol. The molecule has 2 aromatic rings. The third kappa shape index (κ3) is 2.55. The fraction of sp³-hybridized carbons (Fsp3) is 0.231. The molecule has 0 aliphatic carbocycles. The number of hydrogen-bond donors (Lipinski definition) is 2. The Morgan fingerprint density at radius 1 is 1.16 bits per heavy atom. The first-order valence-electron chi connectivity index (χ1n) is 5.89. The first-order chi connectivity index (χ1) is 9.28. The summed E-state index contributed by atoms with van der Waals surface area (Å²) in [6.45, 7) is 1.16. The van der Waals surface area contributed by atoms with Gasteiger partial charge in [0.2, 0.25) is 0 Å². The van der Waals surface area contributed by atoms with E-state index < -0.39 is 0 Å². The van der Waals surface area contributed by atoms with Crippen molar-refractivity contribution < 1.29 is 9.47 Å². The third-order valence-corrected chi connectivity index (χ3v) is 4.24. The number of thiophene rings is 1. The van der Waals surface area contributed by atoms with E-state index in [1.807, 2.05) is 30.3 Å². The predicted octanol–water partition coefficient (Wildman–Crippen LogP) is 2.73. The van der Waals surface area contributed by atoms with Crippen LogP contribution in [0.1, 0.15) is 16.5 Å². The van der Waals surface area contributed by atoms with Gasteiger partial charge in [0.15, 0.2) is 11.5 Å². The minimum atomic E-state index is -0.103. The van der Waals surface area contributed by atoms with E-state index in [4.69, 9.17) is 26.9 Å². The highest BCUT2D eigenvalue weighted by molar-refractivity contribution is 7.16. The maximum atomic E-state index is 5.97. The smallest absolute Gasteiger partial charge is 0.161 e. The third-order valence-electron chi connectivity index (χ3n) is 2.94. The zero-order valence-electron chi connectivity index (χ0n) is 10.1. The highest BCUT2D eigenvalue weighted by Gasteiger charge is 2.18. The van der Waals surface area contributed by atoms with Crippen molar-refractivity contribution in [2.75, 3.05) is 13.2 Å². The van der Waals surface area contributed by atoms with Crippen LogP contribution in [0.25, 0.3) is 0 Å². The van der Waals surface area contributed by atoms with Crippen LogP contribution in [0.5, 0.6) is 11.5 Å². The van der Waals surface area contributed by atoms with Crippen LogP contribution in [0, 0.1) is 0 Å². The Labute approximate surface area is 120 Å². The van der Waals surface area contributed by atoms with Crippen molar-refractivity contribution in [2.24, 2.45) is 5.84 Å². The molecule has 0 spiro atoms. The molecule has 0 amide bonds. The summed E-state index contributed by atoms with van der Waals surface area (Å²) in [5, 5.41) is 0. The molecule has 0 radical (unpaired) electrons. The minimum absolute atomic E-state index is 0.103. The summed E-state index contributed by atoms with van der Waals surface area (Å²) in [5.74, 6) is 7.19. The van der Waals surface area contributed by atoms with Gasteiger partial charge in [-0.25, -0.2) is 5.43 Å². The van der Waals surface area contributed by atoms with Crippen molar-refractivity contribution in [3.63, 3.8) is 0 Å². The molecule has 19 heavy (non-hydrogen) atoms. The topological polar surface area (TPSA) is 56.5 Å². The van der Waals surface area contributed by atoms with E-state index in [0.717, 1.165) is 26.3 Å². The Kier molecular flexibility index (Phi) is 3.61. The van der Waals surface area contributed by atoms with Gasteiger partial charge in [0.25, 0.3) is 0 Å². The molecule has 1 unspecified atom stereocenters. The lowest BCUT2D eigenvalue weighted by Gasteiger charge is -2.21. The van der Waals surface area contributed by atoms with Crippen LogP contribution >= 0.6 is 22.9 Å². The van der Waals surface area contributed by atoms with Crippen molar-refractivity contribution in [1.29, 1.82) is 0 Å². The Balaban J connectivity index is 1.95. The first-order valence-corrected chi connectivity index (χ1v) is 7.08. The molecule has 1 aromatic heterocycles. The Morgan fingerprint density at radius 2 is 1.95 bits per heavy atom. The molecule has 0 fully saturated rings. The van der Waals surface area contributed by atoms with Crippen LogP contribution in [-0.4, -0.2) is 13.2 Å². The van der Waals surface area contributed by atoms with Gasteiger partial charge in [0, 0.05) is 4.88 Å². The van der Waals surface area contributed by atoms with Crippen molar-refractivity contribution >= 4 is 22.9 Å². The standard InChI is InChI=1S/C13H13ClN2O2S/c14-12-4-3-11(19-12)13(16-15)8-1-2-9-10(7-8)18-6-5-17-9/h1-4,7,13,16H,5-6,15H2. The number of halogens is 1. The van der Waals surface area contributed by atoms with Gasteiger partial charge in [0.05, 0.1) is 10.4 Å². The van der Waals surface area contributed by atoms with Gasteiger partial charge < -0.3 is 9.47 Å². The van der Waals surface area contributed by atoms with E-state index in [-0.39, 0.29) is 6.04 Å². The average Bonchev–Trinajstić information content (AvgIpc) is 2.86. The van der Waals surface area contributed by atoms with E-state index in [9.17, 15) is 0 Å². The Morgan fingerprint density at radius 3 is 2.63 bits per heavy atom. The van der Waals surface area contributed by atoms with E-state index >= 15 is 0 Å². The van der Waals surface area contributed by atoms with Crippen LogP contribution < -0.4 is 20.7 Å². The predicted molar refractivity (Wildman–Crippen MR) is 75.9 cm³/mol. The summed E-state index contributed by atoms with van der Waals surface area (Å²) >= 11 is 7.47. The van der Waals surface area contributed by atoms with Gasteiger partial charge in [-0.3, -0.25) is 5.84 Å². The molecule has 0 saturated heterocycles. The largest absolute Gasteiger partial charge is 0.486 e. The zero-order valence-corrected chi connectivity index (χ0v) is 11.6. The molecule has 3 N–H and O–H groups in total. The molecule has 100 valence electrons. The lowest BCUT2D eigenvalue weighted by atomic mass is 10.1. The number of hydrazine groups is 1. The van der Waals surface area contributed by atoms with Crippen molar-refractivity contribution in [3.05, 3.63) is 45.1 Å². The molecule has 1 aliphatic heterocycles. The lowest BCUT2D eigenvalue weighted by molar-refractivity contribution is 0.171. The molecule has 2 heterocycles. The first kappa shape index (κ1) is 12.7. The minimum Gasteiger partial charge on any atom is -0.486 e. The molecule has 0 saturated carbocycles. The van der Waals surface area contributed by atoms with Crippen LogP contribution in [0.4, 0.5) is 0 Å². The van der Waals surface area contributed by atoms with Gasteiger partial charge in [-0.1, -0.05) is 17.7 Å². The number of benzene rings is 1. The van der Waals surface area contributed by atoms with Gasteiger partial charge >= 0.3 is 0 Å². The molecule has 3 rings (SSSR count). The molecule has 0 bridgehead atoms. The van der Waals surface area contributed by atoms with Gasteiger partial charge in [0.1, 0.15) is 13.2 Å². The van der Waals surface area contributed by atoms with E-state index in [1.54, 1.807) is 0 Å². The number of rotatable bonds is 3. The second-order valence-electron chi connectivity index (χ2n) is 4.14. The van der Waals surface area contributed by atoms with Crippen molar-refractivity contribution in [2.45, 2.75) is 6.04 Å². The molecule has 6 heteroatoms. The van der Waals surface area contributed by atoms with E-state index in [0.29, 0.717) is 13.2 Å². The normalized spacial score (nSPS) is 15.3. The quantitative estimate of drug-likeness (QED) is 0.675. The molecule has 4 nitrogen and oxygen atoms in total. The summed E-state index contributed by atoms with van der Waals surface area (Å²) in [7, 11) is 0. The highest BCUT2D eigenvalue weighted by atomic mass is 35.5. The number of fused-ring (bicyclic) bond motifs is 1. The summed E-state index contributed by atoms with van der Waals surface area (Å²) in [4.78, 5) is 1.06. The Bertz CT molecular complexity index is 588. The maximum Gasteiger partial charge on any atom is 0.161 e. The zero-order chi connectivity index (χ0) is 13.2. The van der Waals surface area contributed by atoms with Gasteiger partial charge in [-0.05, 0) is 29.8 Å². The average molecular weight is 297 g/mol. The molecule has 1 atom stereocenters. The monoisotopic (exact) mass is 296 g/mol. The molecular formula is C13H13ClN2O2S. The fourth-order valence-electron chi connectivity index (χ4n) is 2.07. The SMILES string of the molecule is NNC(c1ccc2c(c1)OCCO2)c1ccc(Cl)s1. The highest BCUT2D eigenvalue weighted by Crippen LogP contribution is 2.36. The van der Waals surface area contributed by atoms with Crippen LogP contribution in [0.15, 0.2) is 30.3 Å². The molecule has 1 aliphatic rings. The number of ether oxygens (including phenoxy) is 2. The number of hydrogen-bond acceptors (Lipinski definition) is 5. The molecule has 1 aromatic carbocycles. The second-order valence-corrected chi connectivity index (χ2v) is 5.89. The lowest BCUT2D eigenvalue weighted by Crippen LogP contribution is -2.28. The van der Waals surface area contributed by atoms with Crippen LogP contribution in [-0.2, 0) is 0 Å². The number of nitrogens with two attached hydrogens (primary N) is 1. The van der Waals surface area contributed by atoms with Crippen LogP contribution in [0.2, 0.25) is 4.34 Å². The fourth-order valence-corrected chi connectivity index (χ4v) is 3.22. The van der Waals surface area contributed by atoms with Gasteiger partial charge in [-0.15, -0.1) is 11.3 Å². The Hall–Kier alpha value is -1.27. The summed E-state index contributed by atoms with van der Waals surface area (Å²) < 4.78 is 11.8.